The highest BCUT2D eigenvalue weighted by molar-refractivity contribution is 5.78. The number of hydrogen-bond donors (Lipinski definition) is 0. The van der Waals surface area contributed by atoms with Crippen molar-refractivity contribution < 1.29 is 0 Å². The van der Waals surface area contributed by atoms with Crippen LogP contribution in [0.1, 0.15) is 33.4 Å². The summed E-state index contributed by atoms with van der Waals surface area (Å²) in [5.41, 5.74) is 13.3. The maximum atomic E-state index is 2.34. The van der Waals surface area contributed by atoms with Crippen molar-refractivity contribution in [2.45, 2.75) is 41.5 Å². The van der Waals surface area contributed by atoms with Gasteiger partial charge in [0.2, 0.25) is 0 Å². The Morgan fingerprint density at radius 1 is 0.375 bits per heavy atom. The molecule has 0 heterocycles. The molecular formula is C24H26. The minimum absolute atomic E-state index is 1.30. The lowest BCUT2D eigenvalue weighted by Crippen LogP contribution is -1.92. The average Bonchev–Trinajstić information content (AvgIpc) is 2.44. The predicted molar refractivity (Wildman–Crippen MR) is 106 cm³/mol. The molecule has 0 aromatic heterocycles. The molecule has 3 aromatic rings. The van der Waals surface area contributed by atoms with Crippen molar-refractivity contribution in [1.29, 1.82) is 0 Å². The summed E-state index contributed by atoms with van der Waals surface area (Å²) < 4.78 is 0. The molecule has 0 atom stereocenters. The Bertz CT molecular complexity index is 870. The van der Waals surface area contributed by atoms with Crippen LogP contribution in [-0.4, -0.2) is 0 Å². The van der Waals surface area contributed by atoms with Crippen LogP contribution in [0.4, 0.5) is 0 Å². The quantitative estimate of drug-likeness (QED) is 0.484. The van der Waals surface area contributed by atoms with Crippen molar-refractivity contribution in [3.05, 3.63) is 81.9 Å². The van der Waals surface area contributed by atoms with Crippen molar-refractivity contribution in [3.63, 3.8) is 0 Å². The Balaban J connectivity index is 2.21. The zero-order valence-corrected chi connectivity index (χ0v) is 15.6. The van der Waals surface area contributed by atoms with Gasteiger partial charge in [0.05, 0.1) is 0 Å². The van der Waals surface area contributed by atoms with Gasteiger partial charge in [-0.1, -0.05) is 59.2 Å². The molecule has 0 aliphatic carbocycles. The van der Waals surface area contributed by atoms with Gasteiger partial charge in [-0.3, -0.25) is 0 Å². The lowest BCUT2D eigenvalue weighted by molar-refractivity contribution is 1.31. The van der Waals surface area contributed by atoms with Crippen LogP contribution in [0.3, 0.4) is 0 Å². The molecule has 0 heteroatoms. The first-order chi connectivity index (χ1) is 11.3. The van der Waals surface area contributed by atoms with Crippen molar-refractivity contribution >= 4 is 0 Å². The first kappa shape index (κ1) is 16.5. The zero-order valence-electron chi connectivity index (χ0n) is 15.6. The van der Waals surface area contributed by atoms with Gasteiger partial charge in [-0.25, -0.2) is 0 Å². The molecule has 3 aromatic carbocycles. The van der Waals surface area contributed by atoms with E-state index in [2.05, 4.69) is 90.1 Å². The van der Waals surface area contributed by atoms with Gasteiger partial charge in [0.1, 0.15) is 0 Å². The van der Waals surface area contributed by atoms with Crippen molar-refractivity contribution in [2.24, 2.45) is 0 Å². The lowest BCUT2D eigenvalue weighted by Gasteiger charge is -2.15. The molecule has 0 N–H and O–H groups in total. The third-order valence-corrected chi connectivity index (χ3v) is 4.60. The molecule has 0 saturated carbocycles. The molecular weight excluding hydrogens is 288 g/mol. The molecule has 0 amide bonds. The molecule has 0 aliphatic rings. The van der Waals surface area contributed by atoms with Gasteiger partial charge < -0.3 is 0 Å². The molecule has 0 fully saturated rings. The number of hydrogen-bond acceptors (Lipinski definition) is 0. The molecule has 122 valence electrons. The van der Waals surface area contributed by atoms with Gasteiger partial charge in [0.15, 0.2) is 0 Å². The summed E-state index contributed by atoms with van der Waals surface area (Å²) >= 11 is 0. The van der Waals surface area contributed by atoms with E-state index in [-0.39, 0.29) is 0 Å². The van der Waals surface area contributed by atoms with Crippen LogP contribution in [0.25, 0.3) is 22.3 Å². The van der Waals surface area contributed by atoms with Crippen LogP contribution in [0.5, 0.6) is 0 Å². The molecule has 0 radical (unpaired) electrons. The minimum atomic E-state index is 1.30. The van der Waals surface area contributed by atoms with Crippen LogP contribution in [-0.2, 0) is 0 Å². The fourth-order valence-electron chi connectivity index (χ4n) is 3.87. The molecule has 0 aliphatic heterocycles. The number of benzene rings is 3. The van der Waals surface area contributed by atoms with E-state index in [1.807, 2.05) is 0 Å². The van der Waals surface area contributed by atoms with Gasteiger partial charge in [0.25, 0.3) is 0 Å². The maximum Gasteiger partial charge on any atom is -0.0125 e. The van der Waals surface area contributed by atoms with Crippen molar-refractivity contribution in [1.82, 2.24) is 0 Å². The summed E-state index contributed by atoms with van der Waals surface area (Å²) in [7, 11) is 0. The Kier molecular flexibility index (Phi) is 4.32. The molecule has 0 saturated heterocycles. The lowest BCUT2D eigenvalue weighted by atomic mass is 9.90. The largest absolute Gasteiger partial charge is 0.0563 e. The standard InChI is InChI=1S/C24H26/c1-15-7-16(2)11-21(10-15)22-12-18(4)13-23(14-22)24-19(5)8-17(3)9-20(24)6/h7-14H,1-6H3. The number of rotatable bonds is 2. The van der Waals surface area contributed by atoms with E-state index in [9.17, 15) is 0 Å². The van der Waals surface area contributed by atoms with E-state index in [4.69, 9.17) is 0 Å². The van der Waals surface area contributed by atoms with Gasteiger partial charge in [-0.2, -0.15) is 0 Å². The second-order valence-corrected chi connectivity index (χ2v) is 7.24. The van der Waals surface area contributed by atoms with Gasteiger partial charge in [-0.05, 0) is 86.6 Å². The van der Waals surface area contributed by atoms with Crippen LogP contribution in [0.15, 0.2) is 48.5 Å². The molecule has 0 unspecified atom stereocenters. The highest BCUT2D eigenvalue weighted by Crippen LogP contribution is 2.33. The zero-order chi connectivity index (χ0) is 17.4. The molecule has 24 heavy (non-hydrogen) atoms. The van der Waals surface area contributed by atoms with Crippen molar-refractivity contribution in [2.75, 3.05) is 0 Å². The summed E-state index contributed by atoms with van der Waals surface area (Å²) in [6, 6.07) is 18.3. The highest BCUT2D eigenvalue weighted by Gasteiger charge is 2.10. The van der Waals surface area contributed by atoms with Gasteiger partial charge >= 0.3 is 0 Å². The molecule has 0 bridgehead atoms. The van der Waals surface area contributed by atoms with E-state index in [0.717, 1.165) is 0 Å². The Hall–Kier alpha value is -2.34. The molecule has 0 nitrogen and oxygen atoms in total. The number of aryl methyl sites for hydroxylation is 6. The predicted octanol–water partition coefficient (Wildman–Crippen LogP) is 6.87. The normalized spacial score (nSPS) is 10.9. The Morgan fingerprint density at radius 3 is 1.29 bits per heavy atom. The Labute approximate surface area is 146 Å². The first-order valence-corrected chi connectivity index (χ1v) is 8.62. The van der Waals surface area contributed by atoms with Gasteiger partial charge in [0, 0.05) is 0 Å². The minimum Gasteiger partial charge on any atom is -0.0563 e. The third kappa shape index (κ3) is 3.28. The summed E-state index contributed by atoms with van der Waals surface area (Å²) in [5.74, 6) is 0. The fourth-order valence-corrected chi connectivity index (χ4v) is 3.87. The van der Waals surface area contributed by atoms with Crippen LogP contribution < -0.4 is 0 Å². The summed E-state index contributed by atoms with van der Waals surface area (Å²) in [5, 5.41) is 0. The summed E-state index contributed by atoms with van der Waals surface area (Å²) in [6.07, 6.45) is 0. The van der Waals surface area contributed by atoms with E-state index < -0.39 is 0 Å². The topological polar surface area (TPSA) is 0 Å². The SMILES string of the molecule is Cc1cc(C)cc(-c2cc(C)cc(-c3c(C)cc(C)cc3C)c2)c1. The van der Waals surface area contributed by atoms with E-state index in [1.54, 1.807) is 0 Å². The van der Waals surface area contributed by atoms with E-state index in [0.29, 0.717) is 0 Å². The van der Waals surface area contributed by atoms with E-state index >= 15 is 0 Å². The first-order valence-electron chi connectivity index (χ1n) is 8.62. The third-order valence-electron chi connectivity index (χ3n) is 4.60. The highest BCUT2D eigenvalue weighted by atomic mass is 14.1. The van der Waals surface area contributed by atoms with Crippen LogP contribution in [0, 0.1) is 41.5 Å². The molecule has 3 rings (SSSR count). The fraction of sp³-hybridized carbons (Fsp3) is 0.250. The Morgan fingerprint density at radius 2 is 0.750 bits per heavy atom. The summed E-state index contributed by atoms with van der Waals surface area (Å²) in [4.78, 5) is 0. The van der Waals surface area contributed by atoms with Crippen LogP contribution in [0.2, 0.25) is 0 Å². The second-order valence-electron chi connectivity index (χ2n) is 7.24. The monoisotopic (exact) mass is 314 g/mol. The van der Waals surface area contributed by atoms with Crippen LogP contribution >= 0.6 is 0 Å². The second kappa shape index (κ2) is 6.28. The maximum absolute atomic E-state index is 2.34. The van der Waals surface area contributed by atoms with E-state index in [1.165, 1.54) is 55.6 Å². The smallest absolute Gasteiger partial charge is 0.0125 e. The van der Waals surface area contributed by atoms with Gasteiger partial charge in [-0.15, -0.1) is 0 Å². The average molecular weight is 314 g/mol. The summed E-state index contributed by atoms with van der Waals surface area (Å²) in [6.45, 7) is 13.1. The van der Waals surface area contributed by atoms with Crippen molar-refractivity contribution in [3.8, 4) is 22.3 Å². The molecule has 0 spiro atoms.